The van der Waals surface area contributed by atoms with Gasteiger partial charge in [-0.2, -0.15) is 14.6 Å². The predicted octanol–water partition coefficient (Wildman–Crippen LogP) is 4.46. The minimum Gasteiger partial charge on any atom is -0.273 e. The lowest BCUT2D eigenvalue weighted by Crippen LogP contribution is -2.05. The highest BCUT2D eigenvalue weighted by molar-refractivity contribution is 5.13. The van der Waals surface area contributed by atoms with Crippen molar-refractivity contribution >= 4 is 0 Å². The van der Waals surface area contributed by atoms with Crippen molar-refractivity contribution < 1.29 is 4.39 Å². The van der Waals surface area contributed by atoms with Gasteiger partial charge in [-0.15, -0.1) is 5.10 Å². The van der Waals surface area contributed by atoms with Crippen LogP contribution in [-0.2, 0) is 20.1 Å². The van der Waals surface area contributed by atoms with Crippen molar-refractivity contribution in [2.45, 2.75) is 71.4 Å². The van der Waals surface area contributed by atoms with Crippen molar-refractivity contribution in [3.8, 4) is 0 Å². The minimum atomic E-state index is -0.371. The summed E-state index contributed by atoms with van der Waals surface area (Å²) in [5, 5.41) is 12.9. The molecular formula is C21H31FN6. The van der Waals surface area contributed by atoms with Crippen molar-refractivity contribution in [1.29, 1.82) is 0 Å². The lowest BCUT2D eigenvalue weighted by molar-refractivity contribution is 0.500. The molecule has 0 spiro atoms. The fourth-order valence-corrected chi connectivity index (χ4v) is 3.35. The Morgan fingerprint density at radius 3 is 2.32 bits per heavy atom. The molecule has 2 atom stereocenters. The molecule has 2 unspecified atom stereocenters. The summed E-state index contributed by atoms with van der Waals surface area (Å²) in [6.45, 7) is 10.2. The lowest BCUT2D eigenvalue weighted by atomic mass is 10.0. The molecule has 6 nitrogen and oxygen atoms in total. The molecule has 0 saturated carbocycles. The lowest BCUT2D eigenvalue weighted by Gasteiger charge is -2.10. The normalized spacial score (nSPS) is 14.0. The standard InChI is InChI=1S/C21H31FN6/c1-15(2)20-8-11-27(24-20)9-6-16(3)18-12-23-28(13-18)10-7-17(4)19-14-26(5)25-21(19)22/h8,11-17H,6-7,9-10H2,1-5H3. The molecule has 7 heteroatoms. The molecule has 28 heavy (non-hydrogen) atoms. The second kappa shape index (κ2) is 8.71. The first-order chi connectivity index (χ1) is 13.3. The summed E-state index contributed by atoms with van der Waals surface area (Å²) in [5.41, 5.74) is 3.04. The molecule has 152 valence electrons. The van der Waals surface area contributed by atoms with Crippen LogP contribution in [0.5, 0.6) is 0 Å². The number of nitrogens with zero attached hydrogens (tertiary/aromatic N) is 6. The van der Waals surface area contributed by atoms with Gasteiger partial charge in [0.15, 0.2) is 0 Å². The molecule has 0 N–H and O–H groups in total. The quantitative estimate of drug-likeness (QED) is 0.545. The maximum absolute atomic E-state index is 13.8. The van der Waals surface area contributed by atoms with Gasteiger partial charge in [0.25, 0.3) is 0 Å². The zero-order valence-corrected chi connectivity index (χ0v) is 17.5. The van der Waals surface area contributed by atoms with Gasteiger partial charge in [0.1, 0.15) is 0 Å². The number of aryl methyl sites for hydroxylation is 3. The number of rotatable bonds is 9. The fourth-order valence-electron chi connectivity index (χ4n) is 3.35. The Morgan fingerprint density at radius 2 is 1.68 bits per heavy atom. The van der Waals surface area contributed by atoms with Crippen molar-refractivity contribution in [2.75, 3.05) is 0 Å². The summed E-state index contributed by atoms with van der Waals surface area (Å²) in [6.07, 6.45) is 9.72. The van der Waals surface area contributed by atoms with E-state index in [9.17, 15) is 4.39 Å². The minimum absolute atomic E-state index is 0.105. The van der Waals surface area contributed by atoms with Crippen molar-refractivity contribution in [1.82, 2.24) is 29.3 Å². The molecule has 3 rings (SSSR count). The van der Waals surface area contributed by atoms with Gasteiger partial charge in [0, 0.05) is 44.3 Å². The van der Waals surface area contributed by atoms with Crippen LogP contribution in [0.4, 0.5) is 4.39 Å². The Balaban J connectivity index is 1.50. The average molecular weight is 387 g/mol. The van der Waals surface area contributed by atoms with Gasteiger partial charge in [0.05, 0.1) is 11.9 Å². The monoisotopic (exact) mass is 386 g/mol. The molecular weight excluding hydrogens is 355 g/mol. The molecule has 3 aromatic rings. The Morgan fingerprint density at radius 1 is 0.964 bits per heavy atom. The van der Waals surface area contributed by atoms with E-state index in [4.69, 9.17) is 0 Å². The number of hydrogen-bond acceptors (Lipinski definition) is 3. The first-order valence-electron chi connectivity index (χ1n) is 10.1. The van der Waals surface area contributed by atoms with Crippen molar-refractivity contribution in [3.63, 3.8) is 0 Å². The molecule has 3 aromatic heterocycles. The summed E-state index contributed by atoms with van der Waals surface area (Å²) < 4.78 is 19.3. The molecule has 3 heterocycles. The highest BCUT2D eigenvalue weighted by Crippen LogP contribution is 2.23. The molecule has 0 radical (unpaired) electrons. The van der Waals surface area contributed by atoms with E-state index in [1.807, 2.05) is 22.5 Å². The third-order valence-electron chi connectivity index (χ3n) is 5.40. The zero-order chi connectivity index (χ0) is 20.3. The molecule has 0 amide bonds. The third-order valence-corrected chi connectivity index (χ3v) is 5.40. The topological polar surface area (TPSA) is 53.5 Å². The average Bonchev–Trinajstić information content (AvgIpc) is 3.37. The second-order valence-corrected chi connectivity index (χ2v) is 8.12. The molecule has 0 aliphatic heterocycles. The van der Waals surface area contributed by atoms with E-state index in [-0.39, 0.29) is 11.9 Å². The van der Waals surface area contributed by atoms with Crippen molar-refractivity contribution in [2.24, 2.45) is 7.05 Å². The van der Waals surface area contributed by atoms with Crippen LogP contribution >= 0.6 is 0 Å². The Kier molecular flexibility index (Phi) is 6.31. The molecule has 0 aliphatic carbocycles. The number of hydrogen-bond donors (Lipinski definition) is 0. The van der Waals surface area contributed by atoms with Gasteiger partial charge < -0.3 is 0 Å². The van der Waals surface area contributed by atoms with Gasteiger partial charge in [-0.25, -0.2) is 0 Å². The number of aromatic nitrogens is 6. The summed E-state index contributed by atoms with van der Waals surface area (Å²) >= 11 is 0. The molecule has 0 bridgehead atoms. The van der Waals surface area contributed by atoms with Crippen LogP contribution in [0.2, 0.25) is 0 Å². The molecule has 0 fully saturated rings. The molecule has 0 aliphatic rings. The first kappa shape index (κ1) is 20.3. The molecule has 0 aromatic carbocycles. The van der Waals surface area contributed by atoms with E-state index in [1.165, 1.54) is 10.2 Å². The highest BCUT2D eigenvalue weighted by atomic mass is 19.1. The smallest absolute Gasteiger partial charge is 0.236 e. The van der Waals surface area contributed by atoms with E-state index in [0.29, 0.717) is 17.4 Å². The van der Waals surface area contributed by atoms with Crippen LogP contribution < -0.4 is 0 Å². The third kappa shape index (κ3) is 4.88. The maximum atomic E-state index is 13.8. The summed E-state index contributed by atoms with van der Waals surface area (Å²) in [6, 6.07) is 2.10. The van der Waals surface area contributed by atoms with E-state index in [0.717, 1.165) is 31.6 Å². The van der Waals surface area contributed by atoms with Crippen LogP contribution in [0.1, 0.15) is 75.1 Å². The molecule has 0 saturated heterocycles. The second-order valence-electron chi connectivity index (χ2n) is 8.12. The maximum Gasteiger partial charge on any atom is 0.236 e. The van der Waals surface area contributed by atoms with E-state index in [1.54, 1.807) is 13.2 Å². The van der Waals surface area contributed by atoms with Gasteiger partial charge in [0.2, 0.25) is 5.95 Å². The zero-order valence-electron chi connectivity index (χ0n) is 17.5. The van der Waals surface area contributed by atoms with Crippen LogP contribution in [0, 0.1) is 5.95 Å². The van der Waals surface area contributed by atoms with Gasteiger partial charge in [-0.1, -0.05) is 27.7 Å². The van der Waals surface area contributed by atoms with Crippen LogP contribution in [0.15, 0.2) is 30.9 Å². The van der Waals surface area contributed by atoms with E-state index in [2.05, 4.69) is 54.5 Å². The van der Waals surface area contributed by atoms with E-state index >= 15 is 0 Å². The summed E-state index contributed by atoms with van der Waals surface area (Å²) in [7, 11) is 1.74. The number of halogens is 1. The first-order valence-corrected chi connectivity index (χ1v) is 10.1. The largest absolute Gasteiger partial charge is 0.273 e. The highest BCUT2D eigenvalue weighted by Gasteiger charge is 2.15. The van der Waals surface area contributed by atoms with E-state index < -0.39 is 0 Å². The van der Waals surface area contributed by atoms with Crippen LogP contribution in [-0.4, -0.2) is 29.3 Å². The summed E-state index contributed by atoms with van der Waals surface area (Å²) in [5.74, 6) is 0.603. The SMILES string of the molecule is CC(C)c1ccn(CCC(C)c2cnn(CCC(C)c3cn(C)nc3F)c2)n1. The van der Waals surface area contributed by atoms with Gasteiger partial charge >= 0.3 is 0 Å². The van der Waals surface area contributed by atoms with Crippen molar-refractivity contribution in [3.05, 3.63) is 53.6 Å². The summed E-state index contributed by atoms with van der Waals surface area (Å²) in [4.78, 5) is 0. The van der Waals surface area contributed by atoms with Crippen LogP contribution in [0.25, 0.3) is 0 Å². The Bertz CT molecular complexity index is 890. The Labute approximate surface area is 166 Å². The van der Waals surface area contributed by atoms with Gasteiger partial charge in [-0.05, 0) is 42.2 Å². The van der Waals surface area contributed by atoms with Crippen LogP contribution in [0.3, 0.4) is 0 Å². The Hall–Kier alpha value is -2.44. The van der Waals surface area contributed by atoms with Gasteiger partial charge in [-0.3, -0.25) is 14.0 Å². The predicted molar refractivity (Wildman–Crippen MR) is 108 cm³/mol. The fraction of sp³-hybridized carbons (Fsp3) is 0.571.